The second-order valence-corrected chi connectivity index (χ2v) is 8.80. The van der Waals surface area contributed by atoms with E-state index in [2.05, 4.69) is 9.98 Å². The lowest BCUT2D eigenvalue weighted by Crippen LogP contribution is -2.60. The minimum atomic E-state index is -3.64. The summed E-state index contributed by atoms with van der Waals surface area (Å²) in [5, 5.41) is 0.521. The highest BCUT2D eigenvalue weighted by Crippen LogP contribution is 2.44. The van der Waals surface area contributed by atoms with Gasteiger partial charge in [-0.1, -0.05) is 11.6 Å². The van der Waals surface area contributed by atoms with Gasteiger partial charge in [0.2, 0.25) is 10.0 Å². The largest absolute Gasteiger partial charge is 0.244 e. The summed E-state index contributed by atoms with van der Waals surface area (Å²) < 4.78 is 28.4. The van der Waals surface area contributed by atoms with Gasteiger partial charge in [0.05, 0.1) is 10.4 Å². The third-order valence-electron chi connectivity index (χ3n) is 4.87. The lowest BCUT2D eigenvalue weighted by atomic mass is 9.80. The maximum absolute atomic E-state index is 13.4. The van der Waals surface area contributed by atoms with Crippen LogP contribution in [-0.4, -0.2) is 36.4 Å². The Morgan fingerprint density at radius 1 is 1.29 bits per heavy atom. The number of hydrogen-bond donors (Lipinski definition) is 0. The molecule has 1 spiro atoms. The van der Waals surface area contributed by atoms with Crippen molar-refractivity contribution in [2.75, 3.05) is 0 Å². The van der Waals surface area contributed by atoms with Crippen LogP contribution < -0.4 is 0 Å². The zero-order chi connectivity index (χ0) is 16.9. The van der Waals surface area contributed by atoms with Gasteiger partial charge < -0.3 is 0 Å². The molecule has 3 aliphatic heterocycles. The van der Waals surface area contributed by atoms with Gasteiger partial charge in [0.15, 0.2) is 0 Å². The van der Waals surface area contributed by atoms with Crippen LogP contribution in [0.15, 0.2) is 50.9 Å². The number of nitrogens with zero attached hydrogens (tertiary/aromatic N) is 3. The van der Waals surface area contributed by atoms with E-state index in [4.69, 9.17) is 11.6 Å². The first-order valence-electron chi connectivity index (χ1n) is 8.03. The minimum absolute atomic E-state index is 0.0828. The molecule has 24 heavy (non-hydrogen) atoms. The van der Waals surface area contributed by atoms with Gasteiger partial charge >= 0.3 is 0 Å². The number of rotatable bonds is 2. The molecule has 1 aromatic carbocycles. The van der Waals surface area contributed by atoms with E-state index in [1.807, 2.05) is 13.0 Å². The van der Waals surface area contributed by atoms with Crippen molar-refractivity contribution in [3.8, 4) is 0 Å². The van der Waals surface area contributed by atoms with E-state index in [1.54, 1.807) is 34.8 Å². The number of piperidine rings is 1. The molecule has 3 aliphatic rings. The Morgan fingerprint density at radius 3 is 2.79 bits per heavy atom. The van der Waals surface area contributed by atoms with Crippen molar-refractivity contribution in [2.45, 2.75) is 49.1 Å². The molecule has 0 N–H and O–H groups in total. The van der Waals surface area contributed by atoms with E-state index < -0.39 is 15.6 Å². The standard InChI is InChI=1S/C17H18ClN3O2S/c1-12-19-11-17-8-2-3-15(9-14(10-17)20-12)21(17)24(22,23)16-6-4-13(18)5-7-16/h4-7,10-11,15H,2-3,8-9H2,1H3. The van der Waals surface area contributed by atoms with Gasteiger partial charge in [-0.05, 0) is 56.5 Å². The number of sulfonamides is 1. The molecule has 1 fully saturated rings. The summed E-state index contributed by atoms with van der Waals surface area (Å²) >= 11 is 5.91. The van der Waals surface area contributed by atoms with Crippen LogP contribution >= 0.6 is 11.6 Å². The number of hydrogen-bond acceptors (Lipinski definition) is 4. The van der Waals surface area contributed by atoms with Crippen LogP contribution in [0.3, 0.4) is 0 Å². The van der Waals surface area contributed by atoms with Crippen LogP contribution in [0.2, 0.25) is 5.02 Å². The van der Waals surface area contributed by atoms with Crippen LogP contribution in [0, 0.1) is 0 Å². The molecule has 0 aliphatic carbocycles. The SMILES string of the molecule is CC1=NC2=CC3(C=N1)CCCC(C2)N3S(=O)(=O)c1ccc(Cl)cc1. The molecule has 4 rings (SSSR count). The molecule has 0 saturated carbocycles. The maximum Gasteiger partial charge on any atom is 0.244 e. The van der Waals surface area contributed by atoms with Gasteiger partial charge in [-0.15, -0.1) is 0 Å². The number of fused-ring (bicyclic) bond motifs is 1. The molecular formula is C17H18ClN3O2S. The second-order valence-electron chi connectivity index (χ2n) is 6.55. The van der Waals surface area contributed by atoms with Crippen LogP contribution in [0.5, 0.6) is 0 Å². The lowest BCUT2D eigenvalue weighted by molar-refractivity contribution is 0.159. The van der Waals surface area contributed by atoms with Crippen LogP contribution in [0.25, 0.3) is 0 Å². The fourth-order valence-corrected chi connectivity index (χ4v) is 5.96. The minimum Gasteiger partial charge on any atom is -0.244 e. The zero-order valence-corrected chi connectivity index (χ0v) is 14.9. The van der Waals surface area contributed by atoms with Crippen molar-refractivity contribution < 1.29 is 8.42 Å². The van der Waals surface area contributed by atoms with Crippen molar-refractivity contribution in [2.24, 2.45) is 9.98 Å². The summed E-state index contributed by atoms with van der Waals surface area (Å²) in [6.07, 6.45) is 6.93. The molecule has 0 aromatic heterocycles. The van der Waals surface area contributed by atoms with Crippen LogP contribution in [0.4, 0.5) is 0 Å². The summed E-state index contributed by atoms with van der Waals surface area (Å²) in [5.74, 6) is 0.675. The van der Waals surface area contributed by atoms with E-state index in [1.165, 1.54) is 0 Å². The molecular weight excluding hydrogens is 346 g/mol. The van der Waals surface area contributed by atoms with Gasteiger partial charge in [-0.3, -0.25) is 0 Å². The summed E-state index contributed by atoms with van der Waals surface area (Å²) in [5.41, 5.74) is 0.230. The molecule has 0 radical (unpaired) electrons. The van der Waals surface area contributed by atoms with Gasteiger partial charge in [0.1, 0.15) is 5.84 Å². The Kier molecular flexibility index (Phi) is 3.67. The van der Waals surface area contributed by atoms with Gasteiger partial charge in [0.25, 0.3) is 0 Å². The van der Waals surface area contributed by atoms with Gasteiger partial charge in [-0.2, -0.15) is 4.31 Å². The molecule has 0 amide bonds. The Bertz CT molecular complexity index is 874. The molecule has 126 valence electrons. The summed E-state index contributed by atoms with van der Waals surface area (Å²) in [4.78, 5) is 9.18. The van der Waals surface area contributed by atoms with Crippen molar-refractivity contribution in [3.63, 3.8) is 0 Å². The molecule has 1 aromatic rings. The van der Waals surface area contributed by atoms with E-state index in [-0.39, 0.29) is 10.9 Å². The Hall–Kier alpha value is -1.50. The monoisotopic (exact) mass is 363 g/mol. The highest BCUT2D eigenvalue weighted by Gasteiger charge is 2.51. The van der Waals surface area contributed by atoms with Gasteiger partial charge in [-0.25, -0.2) is 18.4 Å². The first kappa shape index (κ1) is 16.0. The highest BCUT2D eigenvalue weighted by molar-refractivity contribution is 7.89. The van der Waals surface area contributed by atoms with Crippen LogP contribution in [0.1, 0.15) is 32.6 Å². The van der Waals surface area contributed by atoms with E-state index in [0.29, 0.717) is 17.3 Å². The maximum atomic E-state index is 13.4. The third kappa shape index (κ3) is 2.44. The highest BCUT2D eigenvalue weighted by atomic mass is 35.5. The second kappa shape index (κ2) is 5.51. The smallest absolute Gasteiger partial charge is 0.244 e. The quantitative estimate of drug-likeness (QED) is 0.808. The summed E-state index contributed by atoms with van der Waals surface area (Å²) in [7, 11) is -3.64. The normalized spacial score (nSPS) is 29.7. The lowest BCUT2D eigenvalue weighted by Gasteiger charge is -2.49. The van der Waals surface area contributed by atoms with E-state index in [9.17, 15) is 8.42 Å². The van der Waals surface area contributed by atoms with E-state index in [0.717, 1.165) is 25.0 Å². The average Bonchev–Trinajstić information content (AvgIpc) is 2.65. The average molecular weight is 364 g/mol. The molecule has 2 atom stereocenters. The summed E-state index contributed by atoms with van der Waals surface area (Å²) in [6, 6.07) is 6.28. The third-order valence-corrected chi connectivity index (χ3v) is 7.14. The van der Waals surface area contributed by atoms with Crippen molar-refractivity contribution in [3.05, 3.63) is 41.1 Å². The topological polar surface area (TPSA) is 62.1 Å². The number of benzene rings is 1. The number of halogens is 1. The fourth-order valence-electron chi connectivity index (χ4n) is 3.92. The number of aliphatic imine (C=N–C) groups is 2. The van der Waals surface area contributed by atoms with Crippen molar-refractivity contribution in [1.29, 1.82) is 0 Å². The fraction of sp³-hybridized carbons (Fsp3) is 0.412. The van der Waals surface area contributed by atoms with Gasteiger partial charge in [0, 0.05) is 29.4 Å². The molecule has 7 heteroatoms. The predicted octanol–water partition coefficient (Wildman–Crippen LogP) is 3.41. The zero-order valence-electron chi connectivity index (χ0n) is 13.3. The molecule has 1 saturated heterocycles. The first-order chi connectivity index (χ1) is 11.4. The Labute approximate surface area is 146 Å². The van der Waals surface area contributed by atoms with Crippen LogP contribution in [-0.2, 0) is 10.0 Å². The Balaban J connectivity index is 1.86. The predicted molar refractivity (Wildman–Crippen MR) is 95.1 cm³/mol. The molecule has 2 unspecified atom stereocenters. The van der Waals surface area contributed by atoms with Crippen molar-refractivity contribution >= 4 is 33.7 Å². The first-order valence-corrected chi connectivity index (χ1v) is 9.85. The van der Waals surface area contributed by atoms with E-state index >= 15 is 0 Å². The Morgan fingerprint density at radius 2 is 2.04 bits per heavy atom. The number of amidine groups is 1. The molecule has 3 heterocycles. The molecule has 3 bridgehead atoms. The summed E-state index contributed by atoms with van der Waals surface area (Å²) in [6.45, 7) is 1.84. The molecule has 5 nitrogen and oxygen atoms in total. The van der Waals surface area contributed by atoms with Crippen molar-refractivity contribution in [1.82, 2.24) is 4.31 Å².